The number of thioether (sulfide) groups is 1. The summed E-state index contributed by atoms with van der Waals surface area (Å²) in [5.41, 5.74) is 3.15. The number of hydrogen-bond donors (Lipinski definition) is 1. The fraction of sp³-hybridized carbons (Fsp3) is 0.179. The van der Waals surface area contributed by atoms with Crippen molar-refractivity contribution in [2.45, 2.75) is 20.5 Å². The van der Waals surface area contributed by atoms with Crippen LogP contribution in [-0.4, -0.2) is 35.1 Å². The number of para-hydroxylation sites is 1. The number of anilines is 1. The van der Waals surface area contributed by atoms with Gasteiger partial charge in [-0.3, -0.25) is 19.3 Å². The number of ether oxygens (including phenoxy) is 2. The second kappa shape index (κ2) is 12.7. The van der Waals surface area contributed by atoms with Crippen molar-refractivity contribution in [1.82, 2.24) is 4.90 Å². The number of imide groups is 1. The highest BCUT2D eigenvalue weighted by atomic mass is 127. The molecule has 0 aliphatic carbocycles. The predicted octanol–water partition coefficient (Wildman–Crippen LogP) is 6.91. The SMILES string of the molecule is CCOc1cc(/C=C2/SC(=O)N(CC(=O)Nc3ccccc3C)C2=O)cc(I)c1OCc1ccc(Cl)cc1. The van der Waals surface area contributed by atoms with Gasteiger partial charge in [-0.15, -0.1) is 0 Å². The number of carbonyl (C=O) groups is 3. The molecule has 10 heteroatoms. The van der Waals surface area contributed by atoms with Gasteiger partial charge in [0.2, 0.25) is 5.91 Å². The Morgan fingerprint density at radius 1 is 1.11 bits per heavy atom. The van der Waals surface area contributed by atoms with Crippen LogP contribution in [0.1, 0.15) is 23.6 Å². The van der Waals surface area contributed by atoms with Crippen molar-refractivity contribution in [3.05, 3.63) is 90.9 Å². The summed E-state index contributed by atoms with van der Waals surface area (Å²) in [6, 6.07) is 18.3. The molecule has 1 aliphatic rings. The van der Waals surface area contributed by atoms with Crippen LogP contribution >= 0.6 is 46.0 Å². The Morgan fingerprint density at radius 3 is 2.55 bits per heavy atom. The lowest BCUT2D eigenvalue weighted by Gasteiger charge is -2.15. The molecule has 0 radical (unpaired) electrons. The van der Waals surface area contributed by atoms with Crippen LogP contribution in [0, 0.1) is 10.5 Å². The summed E-state index contributed by atoms with van der Waals surface area (Å²) in [5, 5.41) is 2.91. The second-order valence-corrected chi connectivity index (χ2v) is 10.9. The number of amides is 3. The van der Waals surface area contributed by atoms with Gasteiger partial charge in [0.05, 0.1) is 15.1 Å². The van der Waals surface area contributed by atoms with Gasteiger partial charge in [-0.25, -0.2) is 0 Å². The summed E-state index contributed by atoms with van der Waals surface area (Å²) in [6.45, 7) is 4.12. The zero-order valence-corrected chi connectivity index (χ0v) is 24.4. The summed E-state index contributed by atoms with van der Waals surface area (Å²) in [6.07, 6.45) is 1.62. The molecule has 3 aromatic rings. The Bertz CT molecular complexity index is 1410. The molecule has 1 saturated heterocycles. The standard InChI is InChI=1S/C28H24ClIN2O5S/c1-3-36-23-13-19(12-21(30)26(23)37-16-18-8-10-20(29)11-9-18)14-24-27(34)32(28(35)38-24)15-25(33)31-22-7-5-4-6-17(22)2/h4-14H,3,15-16H2,1-2H3,(H,31,33)/b24-14+. The first-order valence-corrected chi connectivity index (χ1v) is 14.0. The fourth-order valence-electron chi connectivity index (χ4n) is 3.64. The van der Waals surface area contributed by atoms with Crippen LogP contribution < -0.4 is 14.8 Å². The quantitative estimate of drug-likeness (QED) is 0.198. The van der Waals surface area contributed by atoms with E-state index in [-0.39, 0.29) is 11.4 Å². The van der Waals surface area contributed by atoms with E-state index in [0.29, 0.717) is 41.0 Å². The maximum Gasteiger partial charge on any atom is 0.294 e. The molecule has 0 bridgehead atoms. The van der Waals surface area contributed by atoms with Gasteiger partial charge in [-0.05, 0) is 101 Å². The minimum absolute atomic E-state index is 0.228. The van der Waals surface area contributed by atoms with Crippen LogP contribution in [0.5, 0.6) is 11.5 Å². The largest absolute Gasteiger partial charge is 0.490 e. The van der Waals surface area contributed by atoms with Crippen LogP contribution in [0.2, 0.25) is 5.02 Å². The van der Waals surface area contributed by atoms with E-state index in [0.717, 1.165) is 31.4 Å². The molecule has 1 heterocycles. The number of benzene rings is 3. The molecule has 3 aromatic carbocycles. The lowest BCUT2D eigenvalue weighted by Crippen LogP contribution is -2.36. The number of halogens is 2. The van der Waals surface area contributed by atoms with Gasteiger partial charge in [0.25, 0.3) is 11.1 Å². The topological polar surface area (TPSA) is 84.9 Å². The average Bonchev–Trinajstić information content (AvgIpc) is 3.13. The minimum atomic E-state index is -0.518. The van der Waals surface area contributed by atoms with Crippen LogP contribution in [0.4, 0.5) is 10.5 Å². The molecule has 4 rings (SSSR count). The summed E-state index contributed by atoms with van der Waals surface area (Å²) in [7, 11) is 0. The third kappa shape index (κ3) is 6.89. The fourth-order valence-corrected chi connectivity index (χ4v) is 5.39. The van der Waals surface area contributed by atoms with Gasteiger partial charge >= 0.3 is 0 Å². The Morgan fingerprint density at radius 2 is 1.84 bits per heavy atom. The lowest BCUT2D eigenvalue weighted by atomic mass is 10.1. The summed E-state index contributed by atoms with van der Waals surface area (Å²) >= 11 is 8.91. The third-order valence-corrected chi connectivity index (χ3v) is 7.48. The number of rotatable bonds is 9. The smallest absolute Gasteiger partial charge is 0.294 e. The van der Waals surface area contributed by atoms with E-state index in [9.17, 15) is 14.4 Å². The van der Waals surface area contributed by atoms with Gasteiger partial charge in [-0.1, -0.05) is 41.9 Å². The van der Waals surface area contributed by atoms with Crippen LogP contribution in [0.15, 0.2) is 65.6 Å². The summed E-state index contributed by atoms with van der Waals surface area (Å²) in [5.74, 6) is 0.145. The highest BCUT2D eigenvalue weighted by Gasteiger charge is 2.36. The Balaban J connectivity index is 1.49. The van der Waals surface area contributed by atoms with Gasteiger partial charge in [0, 0.05) is 10.7 Å². The van der Waals surface area contributed by atoms with E-state index in [1.165, 1.54) is 0 Å². The zero-order valence-electron chi connectivity index (χ0n) is 20.6. The van der Waals surface area contributed by atoms with Gasteiger partial charge in [0.15, 0.2) is 11.5 Å². The minimum Gasteiger partial charge on any atom is -0.490 e. The lowest BCUT2D eigenvalue weighted by molar-refractivity contribution is -0.127. The molecule has 0 spiro atoms. The Kier molecular flexibility index (Phi) is 9.35. The molecule has 3 amide bonds. The van der Waals surface area contributed by atoms with Crippen molar-refractivity contribution < 1.29 is 23.9 Å². The highest BCUT2D eigenvalue weighted by Crippen LogP contribution is 2.38. The molecular formula is C28H24ClIN2O5S. The van der Waals surface area contributed by atoms with Crippen molar-refractivity contribution in [3.63, 3.8) is 0 Å². The zero-order chi connectivity index (χ0) is 27.2. The molecule has 0 aromatic heterocycles. The van der Waals surface area contributed by atoms with Crippen molar-refractivity contribution in [2.24, 2.45) is 0 Å². The van der Waals surface area contributed by atoms with Gasteiger partial charge in [-0.2, -0.15) is 0 Å². The number of hydrogen-bond acceptors (Lipinski definition) is 6. The van der Waals surface area contributed by atoms with Crippen molar-refractivity contribution in [3.8, 4) is 11.5 Å². The molecule has 0 unspecified atom stereocenters. The molecule has 0 atom stereocenters. The molecule has 0 saturated carbocycles. The first kappa shape index (κ1) is 28.0. The maximum atomic E-state index is 13.0. The molecule has 7 nitrogen and oxygen atoms in total. The Labute approximate surface area is 243 Å². The maximum absolute atomic E-state index is 13.0. The summed E-state index contributed by atoms with van der Waals surface area (Å²) in [4.78, 5) is 39.3. The van der Waals surface area contributed by atoms with Gasteiger partial charge < -0.3 is 14.8 Å². The van der Waals surface area contributed by atoms with E-state index in [1.807, 2.05) is 44.2 Å². The monoisotopic (exact) mass is 662 g/mol. The van der Waals surface area contributed by atoms with Crippen LogP contribution in [0.3, 0.4) is 0 Å². The number of nitrogens with zero attached hydrogens (tertiary/aromatic N) is 1. The molecule has 1 N–H and O–H groups in total. The first-order valence-electron chi connectivity index (χ1n) is 11.7. The molecule has 1 aliphatic heterocycles. The molecule has 1 fully saturated rings. The van der Waals surface area contributed by atoms with E-state index in [4.69, 9.17) is 21.1 Å². The van der Waals surface area contributed by atoms with Crippen LogP contribution in [-0.2, 0) is 16.2 Å². The van der Waals surface area contributed by atoms with Crippen LogP contribution in [0.25, 0.3) is 6.08 Å². The van der Waals surface area contributed by atoms with E-state index in [1.54, 1.807) is 36.4 Å². The highest BCUT2D eigenvalue weighted by molar-refractivity contribution is 14.1. The third-order valence-electron chi connectivity index (χ3n) is 5.52. The predicted molar refractivity (Wildman–Crippen MR) is 159 cm³/mol. The Hall–Kier alpha value is -3.02. The van der Waals surface area contributed by atoms with E-state index in [2.05, 4.69) is 27.9 Å². The second-order valence-electron chi connectivity index (χ2n) is 8.31. The first-order chi connectivity index (χ1) is 18.2. The van der Waals surface area contributed by atoms with E-state index >= 15 is 0 Å². The average molecular weight is 663 g/mol. The summed E-state index contributed by atoms with van der Waals surface area (Å²) < 4.78 is 12.7. The normalized spacial score (nSPS) is 14.2. The van der Waals surface area contributed by atoms with Crippen molar-refractivity contribution in [2.75, 3.05) is 18.5 Å². The molecule has 196 valence electrons. The molecule has 38 heavy (non-hydrogen) atoms. The van der Waals surface area contributed by atoms with Gasteiger partial charge in [0.1, 0.15) is 13.2 Å². The number of carbonyl (C=O) groups excluding carboxylic acids is 3. The van der Waals surface area contributed by atoms with E-state index < -0.39 is 17.1 Å². The van der Waals surface area contributed by atoms with Crippen molar-refractivity contribution in [1.29, 1.82) is 0 Å². The number of aryl methyl sites for hydroxylation is 1. The molecular weight excluding hydrogens is 639 g/mol. The number of nitrogens with one attached hydrogen (secondary N) is 1. The van der Waals surface area contributed by atoms with Crippen molar-refractivity contribution >= 4 is 74.8 Å².